The van der Waals surface area contributed by atoms with Gasteiger partial charge in [-0.15, -0.1) is 0 Å². The van der Waals surface area contributed by atoms with Crippen molar-refractivity contribution >= 4 is 12.0 Å². The highest BCUT2D eigenvalue weighted by atomic mass is 16.4. The van der Waals surface area contributed by atoms with Crippen LogP contribution in [0.15, 0.2) is 42.5 Å². The lowest BCUT2D eigenvalue weighted by molar-refractivity contribution is -0.131. The second-order valence-electron chi connectivity index (χ2n) is 6.13. The molecule has 23 heavy (non-hydrogen) atoms. The first-order chi connectivity index (χ1) is 11.0. The number of benzene rings is 2. The van der Waals surface area contributed by atoms with Crippen molar-refractivity contribution in [2.24, 2.45) is 0 Å². The molecule has 0 spiro atoms. The minimum atomic E-state index is -0.915. The first kappa shape index (κ1) is 17.0. The number of aryl methyl sites for hydroxylation is 5. The van der Waals surface area contributed by atoms with Gasteiger partial charge in [0.2, 0.25) is 0 Å². The topological polar surface area (TPSA) is 37.3 Å². The first-order valence-electron chi connectivity index (χ1n) is 8.02. The van der Waals surface area contributed by atoms with Crippen LogP contribution in [0.5, 0.6) is 0 Å². The molecule has 2 aromatic rings. The van der Waals surface area contributed by atoms with Gasteiger partial charge >= 0.3 is 5.97 Å². The van der Waals surface area contributed by atoms with Crippen molar-refractivity contribution in [3.8, 4) is 0 Å². The van der Waals surface area contributed by atoms with E-state index in [1.807, 2.05) is 13.0 Å². The highest BCUT2D eigenvalue weighted by Gasteiger charge is 2.01. The summed E-state index contributed by atoms with van der Waals surface area (Å²) in [5, 5.41) is 8.69. The Bertz CT molecular complexity index is 727. The molecule has 0 saturated carbocycles. The Hall–Kier alpha value is -2.35. The van der Waals surface area contributed by atoms with Crippen molar-refractivity contribution in [1.82, 2.24) is 0 Å². The van der Waals surface area contributed by atoms with Gasteiger partial charge in [0.1, 0.15) is 0 Å². The summed E-state index contributed by atoms with van der Waals surface area (Å²) in [5.41, 5.74) is 7.48. The van der Waals surface area contributed by atoms with Crippen LogP contribution < -0.4 is 0 Å². The fourth-order valence-corrected chi connectivity index (χ4v) is 2.70. The van der Waals surface area contributed by atoms with E-state index < -0.39 is 5.97 Å². The van der Waals surface area contributed by atoms with Crippen LogP contribution in [-0.4, -0.2) is 11.1 Å². The number of hydrogen-bond acceptors (Lipinski definition) is 1. The first-order valence-corrected chi connectivity index (χ1v) is 8.02. The van der Waals surface area contributed by atoms with Gasteiger partial charge in [0.25, 0.3) is 0 Å². The Kier molecular flexibility index (Phi) is 5.75. The molecule has 0 aliphatic rings. The lowest BCUT2D eigenvalue weighted by Gasteiger charge is -2.07. The maximum Gasteiger partial charge on any atom is 0.328 e. The van der Waals surface area contributed by atoms with Gasteiger partial charge in [0, 0.05) is 6.08 Å². The summed E-state index contributed by atoms with van der Waals surface area (Å²) in [6, 6.07) is 12.9. The predicted octanol–water partition coefficient (Wildman–Crippen LogP) is 4.88. The summed E-state index contributed by atoms with van der Waals surface area (Å²) < 4.78 is 0. The minimum absolute atomic E-state index is 0.915. The lowest BCUT2D eigenvalue weighted by Crippen LogP contribution is -1.93. The summed E-state index contributed by atoms with van der Waals surface area (Å²) in [6.07, 6.45) is 6.07. The van der Waals surface area contributed by atoms with Crippen molar-refractivity contribution < 1.29 is 9.90 Å². The number of carboxylic acid groups (broad SMARTS) is 1. The van der Waals surface area contributed by atoms with Crippen molar-refractivity contribution in [2.75, 3.05) is 0 Å². The van der Waals surface area contributed by atoms with Crippen molar-refractivity contribution in [3.05, 3.63) is 75.9 Å². The van der Waals surface area contributed by atoms with Crippen molar-refractivity contribution in [1.29, 1.82) is 0 Å². The Balaban J connectivity index is 1.94. The maximum absolute atomic E-state index is 10.6. The fraction of sp³-hybridized carbons (Fsp3) is 0.286. The average Bonchev–Trinajstić information content (AvgIpc) is 2.50. The van der Waals surface area contributed by atoms with E-state index in [1.165, 1.54) is 28.3 Å². The minimum Gasteiger partial charge on any atom is -0.478 e. The molecular formula is C21H24O2. The molecule has 0 amide bonds. The van der Waals surface area contributed by atoms with E-state index >= 15 is 0 Å². The molecule has 2 aromatic carbocycles. The molecule has 0 bridgehead atoms. The Morgan fingerprint density at radius 3 is 2.09 bits per heavy atom. The molecule has 2 heteroatoms. The molecule has 0 unspecified atom stereocenters. The highest BCUT2D eigenvalue weighted by molar-refractivity contribution is 5.85. The molecule has 0 radical (unpaired) electrons. The molecule has 1 N–H and O–H groups in total. The van der Waals surface area contributed by atoms with E-state index in [1.54, 1.807) is 6.08 Å². The zero-order valence-electron chi connectivity index (χ0n) is 14.1. The quantitative estimate of drug-likeness (QED) is 0.772. The molecule has 0 saturated heterocycles. The smallest absolute Gasteiger partial charge is 0.328 e. The molecule has 0 aliphatic heterocycles. The molecule has 0 aliphatic carbocycles. The van der Waals surface area contributed by atoms with E-state index in [9.17, 15) is 4.79 Å². The molecule has 120 valence electrons. The van der Waals surface area contributed by atoms with E-state index in [-0.39, 0.29) is 0 Å². The molecule has 2 nitrogen and oxygen atoms in total. The highest BCUT2D eigenvalue weighted by Crippen LogP contribution is 2.16. The van der Waals surface area contributed by atoms with Gasteiger partial charge in [-0.05, 0) is 79.5 Å². The van der Waals surface area contributed by atoms with Crippen molar-refractivity contribution in [3.63, 3.8) is 0 Å². The maximum atomic E-state index is 10.6. The normalized spacial score (nSPS) is 11.1. The van der Waals surface area contributed by atoms with Crippen LogP contribution in [0, 0.1) is 20.8 Å². The molecule has 0 atom stereocenters. The zero-order chi connectivity index (χ0) is 16.8. The number of carbonyl (C=O) groups is 1. The predicted molar refractivity (Wildman–Crippen MR) is 95.8 cm³/mol. The van der Waals surface area contributed by atoms with Crippen LogP contribution in [0.1, 0.15) is 39.8 Å². The van der Waals surface area contributed by atoms with E-state index in [4.69, 9.17) is 5.11 Å². The van der Waals surface area contributed by atoms with Gasteiger partial charge in [-0.2, -0.15) is 0 Å². The Morgan fingerprint density at radius 1 is 0.913 bits per heavy atom. The van der Waals surface area contributed by atoms with Crippen LogP contribution in [0.25, 0.3) is 6.08 Å². The largest absolute Gasteiger partial charge is 0.478 e. The van der Waals surface area contributed by atoms with Crippen LogP contribution in [0.2, 0.25) is 0 Å². The second-order valence-corrected chi connectivity index (χ2v) is 6.13. The van der Waals surface area contributed by atoms with E-state index in [2.05, 4.69) is 44.2 Å². The second kappa shape index (κ2) is 7.77. The number of rotatable bonds is 6. The summed E-state index contributed by atoms with van der Waals surface area (Å²) in [4.78, 5) is 10.6. The Morgan fingerprint density at radius 2 is 1.52 bits per heavy atom. The number of hydrogen-bond donors (Lipinski definition) is 1. The average molecular weight is 308 g/mol. The zero-order valence-corrected chi connectivity index (χ0v) is 14.1. The summed E-state index contributed by atoms with van der Waals surface area (Å²) in [6.45, 7) is 6.32. The molecule has 0 heterocycles. The van der Waals surface area contributed by atoms with Crippen LogP contribution in [0.3, 0.4) is 0 Å². The van der Waals surface area contributed by atoms with Gasteiger partial charge in [-0.3, -0.25) is 0 Å². The van der Waals surface area contributed by atoms with Crippen LogP contribution in [-0.2, 0) is 17.6 Å². The third-order valence-electron chi connectivity index (χ3n) is 4.24. The standard InChI is InChI=1S/C21H24O2/c1-15-7-8-18(13-16(15)2)5-4-6-19-9-10-20(17(3)14-19)11-12-21(22)23/h7-14H,4-6H2,1-3H3,(H,22,23)/b12-11+. The summed E-state index contributed by atoms with van der Waals surface area (Å²) in [7, 11) is 0. The van der Waals surface area contributed by atoms with Gasteiger partial charge in [0.15, 0.2) is 0 Å². The monoisotopic (exact) mass is 308 g/mol. The van der Waals surface area contributed by atoms with E-state index in [0.29, 0.717) is 0 Å². The Labute approximate surface area is 138 Å². The third-order valence-corrected chi connectivity index (χ3v) is 4.24. The van der Waals surface area contributed by atoms with Gasteiger partial charge in [-0.25, -0.2) is 4.79 Å². The van der Waals surface area contributed by atoms with Gasteiger partial charge in [-0.1, -0.05) is 36.4 Å². The number of carboxylic acids is 1. The summed E-state index contributed by atoms with van der Waals surface area (Å²) in [5.74, 6) is -0.915. The fourth-order valence-electron chi connectivity index (χ4n) is 2.70. The lowest BCUT2D eigenvalue weighted by atomic mass is 9.98. The van der Waals surface area contributed by atoms with Gasteiger partial charge in [0.05, 0.1) is 0 Å². The van der Waals surface area contributed by atoms with E-state index in [0.717, 1.165) is 30.4 Å². The number of aliphatic carboxylic acids is 1. The molecular weight excluding hydrogens is 284 g/mol. The van der Waals surface area contributed by atoms with Crippen LogP contribution >= 0.6 is 0 Å². The third kappa shape index (κ3) is 5.10. The molecule has 2 rings (SSSR count). The SMILES string of the molecule is Cc1ccc(CCCc2ccc(/C=C/C(=O)O)c(C)c2)cc1C. The summed E-state index contributed by atoms with van der Waals surface area (Å²) >= 11 is 0. The van der Waals surface area contributed by atoms with Gasteiger partial charge < -0.3 is 5.11 Å². The van der Waals surface area contributed by atoms with Crippen LogP contribution in [0.4, 0.5) is 0 Å². The molecule has 0 fully saturated rings. The molecule has 0 aromatic heterocycles. The van der Waals surface area contributed by atoms with Crippen molar-refractivity contribution in [2.45, 2.75) is 40.0 Å².